The number of β-amino-alcohol motifs (C(OH)–C–C–N with tert-alkyl or cyclic N) is 1. The Morgan fingerprint density at radius 1 is 1.09 bits per heavy atom. The van der Waals surface area contributed by atoms with E-state index in [4.69, 9.17) is 9.57 Å². The fraction of sp³-hybridized carbons (Fsp3) is 0.609. The molecule has 10 nitrogen and oxygen atoms in total. The van der Waals surface area contributed by atoms with Crippen LogP contribution in [0.1, 0.15) is 45.6 Å². The summed E-state index contributed by atoms with van der Waals surface area (Å²) < 4.78 is 5.39. The second-order valence-electron chi connectivity index (χ2n) is 9.50. The van der Waals surface area contributed by atoms with Crippen LogP contribution in [0.2, 0.25) is 0 Å². The Kier molecular flexibility index (Phi) is 8.15. The van der Waals surface area contributed by atoms with Crippen LogP contribution in [0.25, 0.3) is 0 Å². The molecule has 0 aromatic heterocycles. The van der Waals surface area contributed by atoms with E-state index in [-0.39, 0.29) is 31.1 Å². The first-order valence-electron chi connectivity index (χ1n) is 11.3. The number of aliphatic hydroxyl groups is 1. The zero-order valence-corrected chi connectivity index (χ0v) is 19.5. The number of piperidine rings is 1. The maximum atomic E-state index is 13.0. The summed E-state index contributed by atoms with van der Waals surface area (Å²) in [6.07, 6.45) is 0.0205. The van der Waals surface area contributed by atoms with Gasteiger partial charge < -0.3 is 20.1 Å². The Morgan fingerprint density at radius 3 is 2.52 bits per heavy atom. The van der Waals surface area contributed by atoms with Gasteiger partial charge in [-0.25, -0.2) is 15.1 Å². The maximum Gasteiger partial charge on any atom is 0.410 e. The Labute approximate surface area is 194 Å². The van der Waals surface area contributed by atoms with Gasteiger partial charge in [0.05, 0.1) is 18.2 Å². The highest BCUT2D eigenvalue weighted by atomic mass is 16.7. The lowest BCUT2D eigenvalue weighted by Gasteiger charge is -2.36. The maximum absolute atomic E-state index is 13.0. The first kappa shape index (κ1) is 24.8. The van der Waals surface area contributed by atoms with Crippen molar-refractivity contribution in [2.45, 2.75) is 70.4 Å². The third-order valence-electron chi connectivity index (χ3n) is 5.57. The minimum Gasteiger partial charge on any atom is -0.445 e. The number of likely N-dealkylation sites (tertiary alicyclic amines) is 2. The van der Waals surface area contributed by atoms with Gasteiger partial charge in [0.25, 0.3) is 0 Å². The molecule has 4 amide bonds. The molecule has 0 saturated carbocycles. The molecular weight excluding hydrogens is 428 g/mol. The standard InChI is InChI=1S/C23H34N4O6/c1-23(2,3)33-25-21(30)26-12-11-17(13-26)24-20(29)19-10-9-18(28)14-27(19)22(31)32-15-16-7-5-4-6-8-16/h4-8,17-19,28H,9-15H2,1-3H3,(H,24,29)(H,25,30). The minimum atomic E-state index is -0.733. The summed E-state index contributed by atoms with van der Waals surface area (Å²) in [5, 5.41) is 13.0. The Bertz CT molecular complexity index is 828. The van der Waals surface area contributed by atoms with Crippen LogP contribution < -0.4 is 10.8 Å². The molecule has 0 spiro atoms. The highest BCUT2D eigenvalue weighted by Crippen LogP contribution is 2.20. The average molecular weight is 463 g/mol. The SMILES string of the molecule is CC(C)(C)ONC(=O)N1CCC(NC(=O)C2CCC(O)CN2C(=O)OCc2ccccc2)C1. The van der Waals surface area contributed by atoms with Crippen molar-refractivity contribution >= 4 is 18.0 Å². The van der Waals surface area contributed by atoms with Gasteiger partial charge in [-0.15, -0.1) is 0 Å². The molecule has 3 unspecified atom stereocenters. The van der Waals surface area contributed by atoms with Crippen molar-refractivity contribution < 1.29 is 29.1 Å². The normalized spacial score (nSPS) is 23.2. The van der Waals surface area contributed by atoms with Gasteiger partial charge in [-0.2, -0.15) is 0 Å². The van der Waals surface area contributed by atoms with Crippen molar-refractivity contribution in [1.29, 1.82) is 0 Å². The summed E-state index contributed by atoms with van der Waals surface area (Å²) in [4.78, 5) is 46.2. The summed E-state index contributed by atoms with van der Waals surface area (Å²) >= 11 is 0. The van der Waals surface area contributed by atoms with E-state index in [0.29, 0.717) is 32.4 Å². The zero-order valence-electron chi connectivity index (χ0n) is 19.5. The molecule has 10 heteroatoms. The van der Waals surface area contributed by atoms with Crippen LogP contribution in [0, 0.1) is 0 Å². The number of hydrogen-bond acceptors (Lipinski definition) is 6. The quantitative estimate of drug-likeness (QED) is 0.574. The molecule has 1 aromatic carbocycles. The van der Waals surface area contributed by atoms with Crippen molar-refractivity contribution in [3.63, 3.8) is 0 Å². The summed E-state index contributed by atoms with van der Waals surface area (Å²) in [7, 11) is 0. The molecule has 2 aliphatic heterocycles. The highest BCUT2D eigenvalue weighted by molar-refractivity contribution is 5.86. The number of urea groups is 1. The van der Waals surface area contributed by atoms with Gasteiger partial charge >= 0.3 is 12.1 Å². The molecule has 2 aliphatic rings. The summed E-state index contributed by atoms with van der Waals surface area (Å²) in [6.45, 7) is 6.45. The van der Waals surface area contributed by atoms with Gasteiger partial charge in [0.1, 0.15) is 12.6 Å². The van der Waals surface area contributed by atoms with Crippen LogP contribution in [0.15, 0.2) is 30.3 Å². The number of aliphatic hydroxyl groups excluding tert-OH is 1. The second kappa shape index (κ2) is 10.8. The largest absolute Gasteiger partial charge is 0.445 e. The Morgan fingerprint density at radius 2 is 1.82 bits per heavy atom. The minimum absolute atomic E-state index is 0.0368. The van der Waals surface area contributed by atoms with Gasteiger partial charge in [-0.3, -0.25) is 14.5 Å². The molecule has 2 heterocycles. The van der Waals surface area contributed by atoms with Crippen molar-refractivity contribution in [2.24, 2.45) is 0 Å². The zero-order chi connectivity index (χ0) is 24.0. The number of nitrogens with zero attached hydrogens (tertiary/aromatic N) is 2. The summed E-state index contributed by atoms with van der Waals surface area (Å²) in [6, 6.07) is 7.95. The molecular formula is C23H34N4O6. The number of hydrogen-bond donors (Lipinski definition) is 3. The predicted molar refractivity (Wildman–Crippen MR) is 120 cm³/mol. The van der Waals surface area contributed by atoms with Crippen molar-refractivity contribution in [2.75, 3.05) is 19.6 Å². The number of nitrogens with one attached hydrogen (secondary N) is 2. The third-order valence-corrected chi connectivity index (χ3v) is 5.57. The fourth-order valence-corrected chi connectivity index (χ4v) is 3.85. The van der Waals surface area contributed by atoms with Gasteiger partial charge in [0.2, 0.25) is 5.91 Å². The van der Waals surface area contributed by atoms with E-state index in [0.717, 1.165) is 5.56 Å². The van der Waals surface area contributed by atoms with E-state index in [1.165, 1.54) is 4.90 Å². The van der Waals surface area contributed by atoms with E-state index < -0.39 is 23.8 Å². The Balaban J connectivity index is 1.52. The number of benzene rings is 1. The molecule has 33 heavy (non-hydrogen) atoms. The molecule has 3 N–H and O–H groups in total. The van der Waals surface area contributed by atoms with Crippen molar-refractivity contribution in [3.8, 4) is 0 Å². The lowest BCUT2D eigenvalue weighted by molar-refractivity contribution is -0.129. The lowest BCUT2D eigenvalue weighted by atomic mass is 9.99. The highest BCUT2D eigenvalue weighted by Gasteiger charge is 2.38. The molecule has 2 saturated heterocycles. The van der Waals surface area contributed by atoms with Crippen molar-refractivity contribution in [1.82, 2.24) is 20.6 Å². The van der Waals surface area contributed by atoms with E-state index >= 15 is 0 Å². The van der Waals surface area contributed by atoms with Gasteiger partial charge in [0.15, 0.2) is 0 Å². The number of hydroxylamine groups is 1. The number of carbonyl (C=O) groups is 3. The monoisotopic (exact) mass is 462 g/mol. The number of ether oxygens (including phenoxy) is 1. The summed E-state index contributed by atoms with van der Waals surface area (Å²) in [5.74, 6) is -0.309. The molecule has 182 valence electrons. The topological polar surface area (TPSA) is 120 Å². The smallest absolute Gasteiger partial charge is 0.410 e. The van der Waals surface area contributed by atoms with E-state index in [1.54, 1.807) is 4.90 Å². The molecule has 3 rings (SSSR count). The van der Waals surface area contributed by atoms with E-state index in [1.807, 2.05) is 51.1 Å². The molecule has 1 aromatic rings. The summed E-state index contributed by atoms with van der Waals surface area (Å²) in [5.41, 5.74) is 2.76. The fourth-order valence-electron chi connectivity index (χ4n) is 3.85. The first-order chi connectivity index (χ1) is 15.6. The van der Waals surface area contributed by atoms with E-state index in [2.05, 4.69) is 10.8 Å². The van der Waals surface area contributed by atoms with Gasteiger partial charge in [-0.1, -0.05) is 30.3 Å². The number of rotatable bonds is 5. The average Bonchev–Trinajstić information content (AvgIpc) is 3.24. The van der Waals surface area contributed by atoms with Crippen LogP contribution >= 0.6 is 0 Å². The third kappa shape index (κ3) is 7.33. The van der Waals surface area contributed by atoms with Crippen LogP contribution in [-0.4, -0.2) is 76.4 Å². The predicted octanol–water partition coefficient (Wildman–Crippen LogP) is 1.78. The number of amides is 4. The molecule has 0 bridgehead atoms. The van der Waals surface area contributed by atoms with E-state index in [9.17, 15) is 19.5 Å². The first-order valence-corrected chi connectivity index (χ1v) is 11.3. The van der Waals surface area contributed by atoms with Gasteiger partial charge in [-0.05, 0) is 45.6 Å². The van der Waals surface area contributed by atoms with Crippen LogP contribution in [0.4, 0.5) is 9.59 Å². The molecule has 3 atom stereocenters. The lowest BCUT2D eigenvalue weighted by Crippen LogP contribution is -2.56. The molecule has 0 radical (unpaired) electrons. The Hall–Kier alpha value is -2.85. The van der Waals surface area contributed by atoms with Gasteiger partial charge in [0, 0.05) is 19.1 Å². The number of carbonyl (C=O) groups excluding carboxylic acids is 3. The second-order valence-corrected chi connectivity index (χ2v) is 9.50. The van der Waals surface area contributed by atoms with Crippen molar-refractivity contribution in [3.05, 3.63) is 35.9 Å². The van der Waals surface area contributed by atoms with Crippen LogP contribution in [0.3, 0.4) is 0 Å². The van der Waals surface area contributed by atoms with Crippen LogP contribution in [0.5, 0.6) is 0 Å². The van der Waals surface area contributed by atoms with Crippen LogP contribution in [-0.2, 0) is 21.0 Å². The molecule has 2 fully saturated rings. The molecule has 0 aliphatic carbocycles.